The number of carbonyl (C=O) groups is 1. The number of aromatic nitrogens is 2. The van der Waals surface area contributed by atoms with Crippen molar-refractivity contribution in [2.75, 3.05) is 6.54 Å². The number of thiophene rings is 1. The van der Waals surface area contributed by atoms with Gasteiger partial charge >= 0.3 is 0 Å². The van der Waals surface area contributed by atoms with Gasteiger partial charge in [-0.1, -0.05) is 0 Å². The van der Waals surface area contributed by atoms with Crippen molar-refractivity contribution < 1.29 is 4.79 Å². The molecule has 1 amide bonds. The minimum Gasteiger partial charge on any atom is -0.349 e. The zero-order valence-electron chi connectivity index (χ0n) is 8.39. The number of rotatable bonds is 4. The first-order valence-electron chi connectivity index (χ1n) is 4.76. The lowest BCUT2D eigenvalue weighted by atomic mass is 10.4. The second-order valence-electron chi connectivity index (χ2n) is 3.12. The monoisotopic (exact) mass is 299 g/mol. The number of nitrogens with zero attached hydrogens (tertiary/aromatic N) is 2. The molecule has 16 heavy (non-hydrogen) atoms. The largest absolute Gasteiger partial charge is 0.349 e. The van der Waals surface area contributed by atoms with E-state index in [0.29, 0.717) is 18.0 Å². The molecule has 4 nitrogen and oxygen atoms in total. The molecule has 2 rings (SSSR count). The Bertz CT molecular complexity index is 466. The fourth-order valence-electron chi connectivity index (χ4n) is 1.25. The van der Waals surface area contributed by atoms with Crippen molar-refractivity contribution in [3.8, 4) is 0 Å². The summed E-state index contributed by atoms with van der Waals surface area (Å²) in [5.74, 6) is -0.0472. The van der Waals surface area contributed by atoms with Crippen molar-refractivity contribution in [1.29, 1.82) is 0 Å². The summed E-state index contributed by atoms with van der Waals surface area (Å²) in [6, 6.07) is 3.73. The van der Waals surface area contributed by atoms with Crippen LogP contribution in [0.15, 0.2) is 34.4 Å². The second kappa shape index (κ2) is 5.27. The Labute approximate surface area is 105 Å². The molecule has 1 N–H and O–H groups in total. The molecule has 0 aliphatic heterocycles. The van der Waals surface area contributed by atoms with E-state index in [-0.39, 0.29) is 5.91 Å². The number of carbonyl (C=O) groups excluding carboxylic acids is 1. The maximum atomic E-state index is 11.7. The average molecular weight is 300 g/mol. The summed E-state index contributed by atoms with van der Waals surface area (Å²) in [6.07, 6.45) is 3.59. The predicted molar refractivity (Wildman–Crippen MR) is 66.6 cm³/mol. The SMILES string of the molecule is O=C(NCCn1cccn1)c1sccc1Br. The molecular weight excluding hydrogens is 290 g/mol. The quantitative estimate of drug-likeness (QED) is 0.940. The summed E-state index contributed by atoms with van der Waals surface area (Å²) in [5.41, 5.74) is 0. The number of halogens is 1. The molecule has 0 fully saturated rings. The van der Waals surface area contributed by atoms with Crippen molar-refractivity contribution in [3.63, 3.8) is 0 Å². The normalized spacial score (nSPS) is 10.3. The highest BCUT2D eigenvalue weighted by Crippen LogP contribution is 2.22. The molecule has 0 aliphatic carbocycles. The first kappa shape index (κ1) is 11.3. The molecule has 84 valence electrons. The standard InChI is InChI=1S/C10H10BrN3OS/c11-8-2-7-16-9(8)10(15)12-4-6-14-5-1-3-13-14/h1-3,5,7H,4,6H2,(H,12,15). The maximum Gasteiger partial charge on any atom is 0.262 e. The highest BCUT2D eigenvalue weighted by Gasteiger charge is 2.10. The Balaban J connectivity index is 1.83. The van der Waals surface area contributed by atoms with Gasteiger partial charge in [0.05, 0.1) is 6.54 Å². The van der Waals surface area contributed by atoms with Gasteiger partial charge in [0, 0.05) is 23.4 Å². The Morgan fingerprint density at radius 1 is 1.62 bits per heavy atom. The van der Waals surface area contributed by atoms with E-state index < -0.39 is 0 Å². The zero-order chi connectivity index (χ0) is 11.4. The van der Waals surface area contributed by atoms with E-state index in [9.17, 15) is 4.79 Å². The number of nitrogens with one attached hydrogen (secondary N) is 1. The Morgan fingerprint density at radius 2 is 2.50 bits per heavy atom. The van der Waals surface area contributed by atoms with Gasteiger partial charge in [-0.25, -0.2) is 0 Å². The van der Waals surface area contributed by atoms with Gasteiger partial charge in [-0.2, -0.15) is 5.10 Å². The van der Waals surface area contributed by atoms with Crippen LogP contribution in [0, 0.1) is 0 Å². The van der Waals surface area contributed by atoms with E-state index in [2.05, 4.69) is 26.3 Å². The lowest BCUT2D eigenvalue weighted by molar-refractivity contribution is 0.0955. The van der Waals surface area contributed by atoms with Crippen molar-refractivity contribution >= 4 is 33.2 Å². The second-order valence-corrected chi connectivity index (χ2v) is 4.89. The van der Waals surface area contributed by atoms with Crippen LogP contribution >= 0.6 is 27.3 Å². The zero-order valence-corrected chi connectivity index (χ0v) is 10.8. The van der Waals surface area contributed by atoms with Crippen LogP contribution in [0.1, 0.15) is 9.67 Å². The topological polar surface area (TPSA) is 46.9 Å². The van der Waals surface area contributed by atoms with Gasteiger partial charge in [-0.3, -0.25) is 9.48 Å². The Morgan fingerprint density at radius 3 is 3.12 bits per heavy atom. The molecule has 2 aromatic rings. The molecule has 0 bridgehead atoms. The summed E-state index contributed by atoms with van der Waals surface area (Å²) < 4.78 is 2.62. The Hall–Kier alpha value is -1.14. The third kappa shape index (κ3) is 2.70. The van der Waals surface area contributed by atoms with Gasteiger partial charge in [-0.05, 0) is 33.4 Å². The molecular formula is C10H10BrN3OS. The Kier molecular flexibility index (Phi) is 3.74. The van der Waals surface area contributed by atoms with E-state index >= 15 is 0 Å². The third-order valence-electron chi connectivity index (χ3n) is 2.01. The third-order valence-corrected chi connectivity index (χ3v) is 3.85. The summed E-state index contributed by atoms with van der Waals surface area (Å²) in [5, 5.41) is 8.78. The molecule has 0 saturated heterocycles. The first-order valence-corrected chi connectivity index (χ1v) is 6.43. The molecule has 0 radical (unpaired) electrons. The highest BCUT2D eigenvalue weighted by molar-refractivity contribution is 9.10. The van der Waals surface area contributed by atoms with Gasteiger partial charge in [0.15, 0.2) is 0 Å². The van der Waals surface area contributed by atoms with E-state index in [4.69, 9.17) is 0 Å². The highest BCUT2D eigenvalue weighted by atomic mass is 79.9. The molecule has 0 unspecified atom stereocenters. The number of hydrogen-bond donors (Lipinski definition) is 1. The molecule has 6 heteroatoms. The molecule has 2 heterocycles. The predicted octanol–water partition coefficient (Wildman–Crippen LogP) is 2.14. The fraction of sp³-hybridized carbons (Fsp3) is 0.200. The average Bonchev–Trinajstić information content (AvgIpc) is 2.88. The molecule has 2 aromatic heterocycles. The van der Waals surface area contributed by atoms with Crippen LogP contribution in [0.25, 0.3) is 0 Å². The molecule has 0 aliphatic rings. The van der Waals surface area contributed by atoms with Gasteiger partial charge in [0.1, 0.15) is 4.88 Å². The summed E-state index contributed by atoms with van der Waals surface area (Å²) >= 11 is 4.75. The van der Waals surface area contributed by atoms with E-state index in [0.717, 1.165) is 4.47 Å². The van der Waals surface area contributed by atoms with E-state index in [1.807, 2.05) is 23.7 Å². The van der Waals surface area contributed by atoms with E-state index in [1.165, 1.54) is 11.3 Å². The molecule has 0 atom stereocenters. The molecule has 0 saturated carbocycles. The molecule has 0 spiro atoms. The van der Waals surface area contributed by atoms with Crippen molar-refractivity contribution in [2.45, 2.75) is 6.54 Å². The van der Waals surface area contributed by atoms with Crippen LogP contribution in [0.3, 0.4) is 0 Å². The van der Waals surface area contributed by atoms with Gasteiger partial charge in [0.2, 0.25) is 0 Å². The van der Waals surface area contributed by atoms with Crippen molar-refractivity contribution in [3.05, 3.63) is 39.3 Å². The van der Waals surface area contributed by atoms with Crippen LogP contribution in [-0.4, -0.2) is 22.2 Å². The van der Waals surface area contributed by atoms with E-state index in [1.54, 1.807) is 10.9 Å². The van der Waals surface area contributed by atoms with Crippen LogP contribution in [-0.2, 0) is 6.54 Å². The molecule has 0 aromatic carbocycles. The summed E-state index contributed by atoms with van der Waals surface area (Å²) in [4.78, 5) is 12.4. The van der Waals surface area contributed by atoms with Crippen LogP contribution in [0.5, 0.6) is 0 Å². The van der Waals surface area contributed by atoms with Gasteiger partial charge < -0.3 is 5.32 Å². The smallest absolute Gasteiger partial charge is 0.262 e. The van der Waals surface area contributed by atoms with Gasteiger partial charge in [-0.15, -0.1) is 11.3 Å². The van der Waals surface area contributed by atoms with Crippen LogP contribution in [0.4, 0.5) is 0 Å². The summed E-state index contributed by atoms with van der Waals surface area (Å²) in [6.45, 7) is 1.26. The number of hydrogen-bond acceptors (Lipinski definition) is 3. The fourth-order valence-corrected chi connectivity index (χ4v) is 2.72. The van der Waals surface area contributed by atoms with Crippen molar-refractivity contribution in [2.24, 2.45) is 0 Å². The maximum absolute atomic E-state index is 11.7. The number of amides is 1. The minimum absolute atomic E-state index is 0.0472. The first-order chi connectivity index (χ1) is 7.77. The minimum atomic E-state index is -0.0472. The summed E-state index contributed by atoms with van der Waals surface area (Å²) in [7, 11) is 0. The van der Waals surface area contributed by atoms with Gasteiger partial charge in [0.25, 0.3) is 5.91 Å². The lowest BCUT2D eigenvalue weighted by Crippen LogP contribution is -2.26. The lowest BCUT2D eigenvalue weighted by Gasteiger charge is -2.04. The van der Waals surface area contributed by atoms with Crippen LogP contribution < -0.4 is 5.32 Å². The van der Waals surface area contributed by atoms with Crippen LogP contribution in [0.2, 0.25) is 0 Å². The van der Waals surface area contributed by atoms with Crippen molar-refractivity contribution in [1.82, 2.24) is 15.1 Å².